The third-order valence-electron chi connectivity index (χ3n) is 3.70. The van der Waals surface area contributed by atoms with Crippen LogP contribution in [0, 0.1) is 5.82 Å². The zero-order valence-corrected chi connectivity index (χ0v) is 15.0. The van der Waals surface area contributed by atoms with Crippen LogP contribution in [0.5, 0.6) is 0 Å². The van der Waals surface area contributed by atoms with Gasteiger partial charge in [0.2, 0.25) is 0 Å². The monoisotopic (exact) mass is 371 g/mol. The lowest BCUT2D eigenvalue weighted by Gasteiger charge is -2.38. The number of aromatic nitrogens is 1. The second kappa shape index (κ2) is 7.92. The van der Waals surface area contributed by atoms with Crippen molar-refractivity contribution in [3.63, 3.8) is 0 Å². The lowest BCUT2D eigenvalue weighted by molar-refractivity contribution is -0.137. The minimum atomic E-state index is -0.869. The highest BCUT2D eigenvalue weighted by atomic mass is 35.5. The van der Waals surface area contributed by atoms with E-state index in [0.717, 1.165) is 0 Å². The number of hydrogen-bond donors (Lipinski definition) is 2. The molecule has 0 atom stereocenters. The number of halogens is 2. The molecular weight excluding hydrogens is 353 g/mol. The molecule has 1 heterocycles. The number of nitrogens with zero attached hydrogens (tertiary/aromatic N) is 2. The molecule has 0 amide bonds. The average Bonchev–Trinajstić information content (AvgIpc) is 3.02. The van der Waals surface area contributed by atoms with Crippen LogP contribution < -0.4 is 5.43 Å². The first-order valence-corrected chi connectivity index (χ1v) is 8.64. The maximum atomic E-state index is 14.2. The summed E-state index contributed by atoms with van der Waals surface area (Å²) in [5, 5.41) is 13.3. The number of hydrogen-bond acceptors (Lipinski definition) is 5. The van der Waals surface area contributed by atoms with Gasteiger partial charge in [-0.25, -0.2) is 14.4 Å². The molecule has 0 spiro atoms. The zero-order chi connectivity index (χ0) is 17.7. The molecule has 0 unspecified atom stereocenters. The quantitative estimate of drug-likeness (QED) is 0.673. The van der Waals surface area contributed by atoms with Crippen molar-refractivity contribution in [1.82, 2.24) is 9.99 Å². The first-order valence-electron chi connectivity index (χ1n) is 7.38. The fourth-order valence-corrected chi connectivity index (χ4v) is 2.92. The second-order valence-electron chi connectivity index (χ2n) is 5.95. The number of carbonyl (C=O) groups is 1. The molecule has 1 aromatic carbocycles. The summed E-state index contributed by atoms with van der Waals surface area (Å²) in [7, 11) is 0. The molecule has 1 aromatic heterocycles. The van der Waals surface area contributed by atoms with Crippen LogP contribution in [0.25, 0.3) is 0 Å². The number of thiazole rings is 1. The number of benzene rings is 1. The molecule has 24 heavy (non-hydrogen) atoms. The van der Waals surface area contributed by atoms with Crippen molar-refractivity contribution in [3.05, 3.63) is 46.2 Å². The van der Waals surface area contributed by atoms with Gasteiger partial charge >= 0.3 is 5.97 Å². The van der Waals surface area contributed by atoms with Gasteiger partial charge in [-0.2, -0.15) is 0 Å². The van der Waals surface area contributed by atoms with E-state index in [9.17, 15) is 9.18 Å². The summed E-state index contributed by atoms with van der Waals surface area (Å²) >= 11 is 7.26. The highest BCUT2D eigenvalue weighted by molar-refractivity contribution is 7.13. The lowest BCUT2D eigenvalue weighted by Crippen LogP contribution is -2.47. The van der Waals surface area contributed by atoms with Gasteiger partial charge in [0.25, 0.3) is 0 Å². The van der Waals surface area contributed by atoms with Crippen molar-refractivity contribution < 1.29 is 14.3 Å². The van der Waals surface area contributed by atoms with E-state index in [2.05, 4.69) is 10.4 Å². The Kier molecular flexibility index (Phi) is 6.15. The molecule has 0 aliphatic rings. The number of carboxylic acid groups (broad SMARTS) is 1. The van der Waals surface area contributed by atoms with Crippen LogP contribution in [0.3, 0.4) is 0 Å². The normalized spacial score (nSPS) is 11.7. The molecule has 0 bridgehead atoms. The Labute approximate surface area is 149 Å². The largest absolute Gasteiger partial charge is 0.481 e. The summed E-state index contributed by atoms with van der Waals surface area (Å²) in [6, 6.07) is 4.84. The maximum Gasteiger partial charge on any atom is 0.303 e. The smallest absolute Gasteiger partial charge is 0.303 e. The molecule has 2 rings (SSSR count). The van der Waals surface area contributed by atoms with Gasteiger partial charge in [-0.15, -0.1) is 11.3 Å². The molecule has 0 aliphatic heterocycles. The number of hydrazine groups is 1. The molecule has 2 aromatic rings. The molecule has 0 radical (unpaired) electrons. The first-order chi connectivity index (χ1) is 11.3. The number of anilines is 1. The van der Waals surface area contributed by atoms with Crippen molar-refractivity contribution >= 4 is 34.0 Å². The van der Waals surface area contributed by atoms with Crippen LogP contribution in [0.15, 0.2) is 29.8 Å². The maximum absolute atomic E-state index is 14.2. The molecule has 0 saturated carbocycles. The number of nitrogens with one attached hydrogen (secondary N) is 1. The highest BCUT2D eigenvalue weighted by Gasteiger charge is 2.29. The molecule has 0 saturated heterocycles. The topological polar surface area (TPSA) is 65.5 Å². The highest BCUT2D eigenvalue weighted by Crippen LogP contribution is 2.27. The van der Waals surface area contributed by atoms with E-state index < -0.39 is 17.3 Å². The summed E-state index contributed by atoms with van der Waals surface area (Å²) in [5.74, 6) is -1.34. The third kappa shape index (κ3) is 4.90. The van der Waals surface area contributed by atoms with Crippen molar-refractivity contribution in [2.24, 2.45) is 0 Å². The summed E-state index contributed by atoms with van der Waals surface area (Å²) in [5.41, 5.74) is 3.04. The Morgan fingerprint density at radius 2 is 2.25 bits per heavy atom. The zero-order valence-electron chi connectivity index (χ0n) is 13.4. The van der Waals surface area contributed by atoms with Crippen molar-refractivity contribution in [2.45, 2.75) is 38.8 Å². The molecule has 0 fully saturated rings. The molecule has 5 nitrogen and oxygen atoms in total. The van der Waals surface area contributed by atoms with Gasteiger partial charge in [0, 0.05) is 35.6 Å². The van der Waals surface area contributed by atoms with E-state index in [1.165, 1.54) is 17.4 Å². The standard InChI is InChI=1S/C16H19ClFN3O2S/c1-16(2,7-6-13(22)23)21(20-15-19-8-9-24-15)10-11-4-3-5-12(17)14(11)18/h3-5,8-9H,6-7,10H2,1-2H3,(H,19,20)(H,22,23). The van der Waals surface area contributed by atoms with Crippen LogP contribution >= 0.6 is 22.9 Å². The summed E-state index contributed by atoms with van der Waals surface area (Å²) in [4.78, 5) is 15.1. The van der Waals surface area contributed by atoms with E-state index in [1.807, 2.05) is 19.2 Å². The van der Waals surface area contributed by atoms with Gasteiger partial charge < -0.3 is 5.11 Å². The number of carboxylic acids is 1. The Morgan fingerprint density at radius 1 is 1.50 bits per heavy atom. The van der Waals surface area contributed by atoms with Gasteiger partial charge in [-0.1, -0.05) is 23.7 Å². The number of rotatable bonds is 8. The Balaban J connectivity index is 2.24. The fraction of sp³-hybridized carbons (Fsp3) is 0.375. The minimum absolute atomic E-state index is 0.0150. The Morgan fingerprint density at radius 3 is 2.88 bits per heavy atom. The molecule has 2 N–H and O–H groups in total. The summed E-state index contributed by atoms with van der Waals surface area (Å²) in [6.07, 6.45) is 2.07. The lowest BCUT2D eigenvalue weighted by atomic mass is 9.97. The van der Waals surface area contributed by atoms with Crippen LogP contribution in [-0.2, 0) is 11.3 Å². The Hall–Kier alpha value is -1.70. The Bertz CT molecular complexity index is 695. The molecule has 0 aliphatic carbocycles. The van der Waals surface area contributed by atoms with E-state index in [4.69, 9.17) is 16.7 Å². The summed E-state index contributed by atoms with van der Waals surface area (Å²) < 4.78 is 14.2. The molecule has 8 heteroatoms. The minimum Gasteiger partial charge on any atom is -0.481 e. The van der Waals surface area contributed by atoms with E-state index in [0.29, 0.717) is 17.1 Å². The first kappa shape index (κ1) is 18.6. The van der Waals surface area contributed by atoms with Crippen molar-refractivity contribution in [3.8, 4) is 0 Å². The van der Waals surface area contributed by atoms with Crippen LogP contribution in [0.4, 0.5) is 9.52 Å². The SMILES string of the molecule is CC(C)(CCC(=O)O)N(Cc1cccc(Cl)c1F)Nc1nccs1. The predicted molar refractivity (Wildman–Crippen MR) is 93.6 cm³/mol. The third-order valence-corrected chi connectivity index (χ3v) is 4.67. The van der Waals surface area contributed by atoms with Gasteiger partial charge in [0.05, 0.1) is 5.02 Å². The van der Waals surface area contributed by atoms with E-state index in [1.54, 1.807) is 23.3 Å². The predicted octanol–water partition coefficient (Wildman–Crippen LogP) is 4.41. The van der Waals surface area contributed by atoms with Gasteiger partial charge in [-0.3, -0.25) is 10.2 Å². The van der Waals surface area contributed by atoms with Crippen LogP contribution in [-0.4, -0.2) is 26.6 Å². The average molecular weight is 372 g/mol. The van der Waals surface area contributed by atoms with Gasteiger partial charge in [0.15, 0.2) is 5.13 Å². The fourth-order valence-electron chi connectivity index (χ4n) is 2.19. The van der Waals surface area contributed by atoms with Gasteiger partial charge in [-0.05, 0) is 26.3 Å². The van der Waals surface area contributed by atoms with Crippen LogP contribution in [0.2, 0.25) is 5.02 Å². The second-order valence-corrected chi connectivity index (χ2v) is 7.26. The van der Waals surface area contributed by atoms with Crippen LogP contribution in [0.1, 0.15) is 32.3 Å². The molecular formula is C16H19ClFN3O2S. The van der Waals surface area contributed by atoms with Gasteiger partial charge in [0.1, 0.15) is 5.82 Å². The number of aliphatic carboxylic acids is 1. The summed E-state index contributed by atoms with van der Waals surface area (Å²) in [6.45, 7) is 4.02. The van der Waals surface area contributed by atoms with E-state index >= 15 is 0 Å². The van der Waals surface area contributed by atoms with Crippen molar-refractivity contribution in [2.75, 3.05) is 5.43 Å². The van der Waals surface area contributed by atoms with E-state index in [-0.39, 0.29) is 18.0 Å². The molecule has 130 valence electrons. The van der Waals surface area contributed by atoms with Crippen molar-refractivity contribution in [1.29, 1.82) is 0 Å².